The van der Waals surface area contributed by atoms with Crippen LogP contribution in [0.4, 0.5) is 4.39 Å². The minimum absolute atomic E-state index is 0.0710. The van der Waals surface area contributed by atoms with Crippen molar-refractivity contribution in [1.82, 2.24) is 16.0 Å². The maximum atomic E-state index is 13.3. The van der Waals surface area contributed by atoms with Gasteiger partial charge in [-0.2, -0.15) is 0 Å². The van der Waals surface area contributed by atoms with Crippen LogP contribution in [0.15, 0.2) is 47.5 Å². The lowest BCUT2D eigenvalue weighted by Crippen LogP contribution is -2.36. The minimum atomic E-state index is -0.270. The van der Waals surface area contributed by atoms with Gasteiger partial charge in [-0.05, 0) is 42.3 Å². The van der Waals surface area contributed by atoms with Crippen molar-refractivity contribution in [2.75, 3.05) is 27.3 Å². The average molecular weight is 402 g/mol. The van der Waals surface area contributed by atoms with E-state index in [1.807, 2.05) is 25.1 Å². The van der Waals surface area contributed by atoms with E-state index in [1.165, 1.54) is 12.1 Å². The van der Waals surface area contributed by atoms with Crippen LogP contribution < -0.4 is 25.4 Å². The van der Waals surface area contributed by atoms with Crippen molar-refractivity contribution >= 4 is 11.9 Å². The monoisotopic (exact) mass is 402 g/mol. The fourth-order valence-electron chi connectivity index (χ4n) is 2.57. The number of hydrogen-bond acceptors (Lipinski definition) is 4. The van der Waals surface area contributed by atoms with E-state index in [1.54, 1.807) is 26.3 Å². The second kappa shape index (κ2) is 11.5. The molecule has 0 bridgehead atoms. The second-order valence-corrected chi connectivity index (χ2v) is 6.14. The first kappa shape index (κ1) is 22.0. The highest BCUT2D eigenvalue weighted by Gasteiger charge is 2.09. The first-order valence-corrected chi connectivity index (χ1v) is 9.31. The molecule has 0 aromatic heterocycles. The van der Waals surface area contributed by atoms with Crippen LogP contribution in [-0.4, -0.2) is 39.2 Å². The Hall–Kier alpha value is -3.29. The number of nitrogens with one attached hydrogen (secondary N) is 3. The van der Waals surface area contributed by atoms with Crippen molar-refractivity contribution in [3.63, 3.8) is 0 Å². The summed E-state index contributed by atoms with van der Waals surface area (Å²) < 4.78 is 24.1. The molecule has 2 aromatic carbocycles. The zero-order valence-corrected chi connectivity index (χ0v) is 16.9. The number of hydrogen-bond donors (Lipinski definition) is 3. The maximum Gasteiger partial charge on any atom is 0.257 e. The molecule has 0 aliphatic heterocycles. The Morgan fingerprint density at radius 1 is 1.03 bits per heavy atom. The zero-order chi connectivity index (χ0) is 21.1. The topological polar surface area (TPSA) is 84.0 Å². The highest BCUT2D eigenvalue weighted by atomic mass is 19.1. The fraction of sp³-hybridized carbons (Fsp3) is 0.333. The number of nitrogens with zero attached hydrogens (tertiary/aromatic N) is 1. The van der Waals surface area contributed by atoms with Crippen molar-refractivity contribution in [3.8, 4) is 11.5 Å². The number of aliphatic imine (C=N–C) groups is 1. The standard InChI is InChI=1S/C21H27FN4O3/c1-4-24-20(27)14-29-18-9-8-16(11-19(18)28-3)13-26-21(23-2)25-12-15-6-5-7-17(22)10-15/h5-11H,4,12-14H2,1-3H3,(H,24,27)(H2,23,25,26). The molecule has 0 saturated heterocycles. The third-order valence-corrected chi connectivity index (χ3v) is 3.99. The van der Waals surface area contributed by atoms with Gasteiger partial charge in [0.2, 0.25) is 0 Å². The predicted molar refractivity (Wildman–Crippen MR) is 111 cm³/mol. The summed E-state index contributed by atoms with van der Waals surface area (Å²) >= 11 is 0. The highest BCUT2D eigenvalue weighted by molar-refractivity contribution is 5.79. The largest absolute Gasteiger partial charge is 0.493 e. The van der Waals surface area contributed by atoms with E-state index < -0.39 is 0 Å². The van der Waals surface area contributed by atoms with Gasteiger partial charge in [0.1, 0.15) is 5.82 Å². The molecule has 0 radical (unpaired) electrons. The van der Waals surface area contributed by atoms with Crippen molar-refractivity contribution in [1.29, 1.82) is 0 Å². The van der Waals surface area contributed by atoms with Gasteiger partial charge in [0.05, 0.1) is 7.11 Å². The molecule has 0 aliphatic rings. The van der Waals surface area contributed by atoms with E-state index in [9.17, 15) is 9.18 Å². The minimum Gasteiger partial charge on any atom is -0.493 e. The molecule has 0 saturated carbocycles. The van der Waals surface area contributed by atoms with Gasteiger partial charge in [0.25, 0.3) is 5.91 Å². The van der Waals surface area contributed by atoms with Gasteiger partial charge in [-0.1, -0.05) is 18.2 Å². The molecule has 8 heteroatoms. The lowest BCUT2D eigenvalue weighted by atomic mass is 10.2. The number of benzene rings is 2. The number of carbonyl (C=O) groups is 1. The molecule has 29 heavy (non-hydrogen) atoms. The van der Waals surface area contributed by atoms with Crippen LogP contribution in [0.1, 0.15) is 18.1 Å². The Balaban J connectivity index is 1.90. The Labute approximate surface area is 170 Å². The van der Waals surface area contributed by atoms with Crippen molar-refractivity contribution in [3.05, 3.63) is 59.4 Å². The third-order valence-electron chi connectivity index (χ3n) is 3.99. The smallest absolute Gasteiger partial charge is 0.257 e. The molecule has 2 rings (SSSR count). The highest BCUT2D eigenvalue weighted by Crippen LogP contribution is 2.28. The number of amides is 1. The molecule has 0 atom stereocenters. The number of likely N-dealkylation sites (N-methyl/N-ethyl adjacent to an activating group) is 1. The number of carbonyl (C=O) groups excluding carboxylic acids is 1. The first-order valence-electron chi connectivity index (χ1n) is 9.31. The van der Waals surface area contributed by atoms with Gasteiger partial charge in [-0.15, -0.1) is 0 Å². The Kier molecular flexibility index (Phi) is 8.75. The molecular formula is C21H27FN4O3. The molecule has 0 spiro atoms. The van der Waals surface area contributed by atoms with Crippen LogP contribution in [0.2, 0.25) is 0 Å². The SMILES string of the molecule is CCNC(=O)COc1ccc(CNC(=NC)NCc2cccc(F)c2)cc1OC. The van der Waals surface area contributed by atoms with Crippen LogP contribution in [0.25, 0.3) is 0 Å². The van der Waals surface area contributed by atoms with Crippen LogP contribution in [0.3, 0.4) is 0 Å². The molecular weight excluding hydrogens is 375 g/mol. The van der Waals surface area contributed by atoms with Crippen LogP contribution >= 0.6 is 0 Å². The zero-order valence-electron chi connectivity index (χ0n) is 16.9. The van der Waals surface area contributed by atoms with Crippen molar-refractivity contribution in [2.45, 2.75) is 20.0 Å². The van der Waals surface area contributed by atoms with Gasteiger partial charge < -0.3 is 25.4 Å². The van der Waals surface area contributed by atoms with E-state index >= 15 is 0 Å². The molecule has 0 unspecified atom stereocenters. The van der Waals surface area contributed by atoms with E-state index in [2.05, 4.69) is 20.9 Å². The summed E-state index contributed by atoms with van der Waals surface area (Å²) in [6.07, 6.45) is 0. The summed E-state index contributed by atoms with van der Waals surface area (Å²) in [5, 5.41) is 9.01. The lowest BCUT2D eigenvalue weighted by Gasteiger charge is -2.14. The normalized spacial score (nSPS) is 11.0. The van der Waals surface area contributed by atoms with Crippen LogP contribution in [0, 0.1) is 5.82 Å². The van der Waals surface area contributed by atoms with E-state index in [0.29, 0.717) is 37.1 Å². The summed E-state index contributed by atoms with van der Waals surface area (Å²) in [4.78, 5) is 15.7. The maximum absolute atomic E-state index is 13.3. The number of guanidine groups is 1. The van der Waals surface area contributed by atoms with Crippen LogP contribution in [0.5, 0.6) is 11.5 Å². The predicted octanol–water partition coefficient (Wildman–Crippen LogP) is 2.21. The Morgan fingerprint density at radius 3 is 2.38 bits per heavy atom. The number of methoxy groups -OCH3 is 1. The van der Waals surface area contributed by atoms with Gasteiger partial charge in [-0.25, -0.2) is 4.39 Å². The summed E-state index contributed by atoms with van der Waals surface area (Å²) in [6, 6.07) is 11.9. The fourth-order valence-corrected chi connectivity index (χ4v) is 2.57. The third kappa shape index (κ3) is 7.33. The second-order valence-electron chi connectivity index (χ2n) is 6.14. The molecule has 2 aromatic rings. The van der Waals surface area contributed by atoms with E-state index in [0.717, 1.165) is 11.1 Å². The quantitative estimate of drug-likeness (QED) is 0.443. The summed E-state index contributed by atoms with van der Waals surface area (Å²) in [6.45, 7) is 3.28. The van der Waals surface area contributed by atoms with Gasteiger partial charge in [0, 0.05) is 26.7 Å². The number of halogens is 1. The van der Waals surface area contributed by atoms with E-state index in [4.69, 9.17) is 9.47 Å². The summed E-state index contributed by atoms with van der Waals surface area (Å²) in [5.41, 5.74) is 1.77. The molecule has 0 fully saturated rings. The van der Waals surface area contributed by atoms with Gasteiger partial charge in [0.15, 0.2) is 24.1 Å². The molecule has 0 aliphatic carbocycles. The lowest BCUT2D eigenvalue weighted by molar-refractivity contribution is -0.123. The van der Waals surface area contributed by atoms with Gasteiger partial charge in [-0.3, -0.25) is 9.79 Å². The Bertz CT molecular complexity index is 842. The average Bonchev–Trinajstić information content (AvgIpc) is 2.73. The molecule has 7 nitrogen and oxygen atoms in total. The Morgan fingerprint density at radius 2 is 1.76 bits per heavy atom. The van der Waals surface area contributed by atoms with Gasteiger partial charge >= 0.3 is 0 Å². The molecule has 0 heterocycles. The van der Waals surface area contributed by atoms with Crippen molar-refractivity contribution < 1.29 is 18.7 Å². The van der Waals surface area contributed by atoms with Crippen molar-refractivity contribution in [2.24, 2.45) is 4.99 Å². The summed E-state index contributed by atoms with van der Waals surface area (Å²) in [5.74, 6) is 1.17. The number of rotatable bonds is 9. The van der Waals surface area contributed by atoms with E-state index in [-0.39, 0.29) is 18.3 Å². The summed E-state index contributed by atoms with van der Waals surface area (Å²) in [7, 11) is 3.21. The van der Waals surface area contributed by atoms with Crippen LogP contribution in [-0.2, 0) is 17.9 Å². The number of ether oxygens (including phenoxy) is 2. The molecule has 1 amide bonds. The molecule has 3 N–H and O–H groups in total. The molecule has 156 valence electrons. The first-order chi connectivity index (χ1) is 14.0.